The lowest BCUT2D eigenvalue weighted by Crippen LogP contribution is -2.49. The quantitative estimate of drug-likeness (QED) is 0.752. The second kappa shape index (κ2) is 8.81. The van der Waals surface area contributed by atoms with Gasteiger partial charge in [-0.2, -0.15) is 0 Å². The van der Waals surface area contributed by atoms with Crippen LogP contribution in [0.4, 0.5) is 0 Å². The average molecular weight is 421 g/mol. The number of ether oxygens (including phenoxy) is 1. The number of fused-ring (bicyclic) bond motifs is 1. The van der Waals surface area contributed by atoms with Gasteiger partial charge >= 0.3 is 0 Å². The van der Waals surface area contributed by atoms with Crippen LogP contribution < -0.4 is 15.5 Å². The summed E-state index contributed by atoms with van der Waals surface area (Å²) in [5, 5.41) is 4.78. The molecular weight excluding hydrogens is 392 g/mol. The lowest BCUT2D eigenvalue weighted by molar-refractivity contribution is -0.134. The van der Waals surface area contributed by atoms with Crippen molar-refractivity contribution in [3.05, 3.63) is 77.1 Å². The highest BCUT2D eigenvalue weighted by Crippen LogP contribution is 2.32. The molecule has 2 aromatic carbocycles. The molecular formula is C24H28N4O3. The minimum atomic E-state index is -0.267. The molecule has 1 fully saturated rings. The molecule has 162 valence electrons. The van der Waals surface area contributed by atoms with Gasteiger partial charge < -0.3 is 20.0 Å². The SMILES string of the molecule is COc1cccc(C2CC3C(=O)N(CCNC(=O)c4ccc(C)c(C)c4)C=CN3N2)c1. The van der Waals surface area contributed by atoms with Crippen LogP contribution in [0.15, 0.2) is 54.9 Å². The van der Waals surface area contributed by atoms with Crippen LogP contribution in [0.1, 0.15) is 39.5 Å². The van der Waals surface area contributed by atoms with Crippen molar-refractivity contribution in [2.24, 2.45) is 0 Å². The van der Waals surface area contributed by atoms with E-state index in [1.807, 2.05) is 67.5 Å². The summed E-state index contributed by atoms with van der Waals surface area (Å²) in [5.74, 6) is 0.701. The molecule has 2 aliphatic rings. The summed E-state index contributed by atoms with van der Waals surface area (Å²) in [7, 11) is 1.65. The van der Waals surface area contributed by atoms with Crippen molar-refractivity contribution >= 4 is 11.8 Å². The number of methoxy groups -OCH3 is 1. The molecule has 2 N–H and O–H groups in total. The number of hydrogen-bond donors (Lipinski definition) is 2. The zero-order valence-corrected chi connectivity index (χ0v) is 18.1. The van der Waals surface area contributed by atoms with E-state index in [0.29, 0.717) is 25.1 Å². The molecule has 4 rings (SSSR count). The van der Waals surface area contributed by atoms with Crippen molar-refractivity contribution < 1.29 is 14.3 Å². The molecule has 0 saturated carbocycles. The third kappa shape index (κ3) is 4.41. The number of aryl methyl sites for hydroxylation is 2. The van der Waals surface area contributed by atoms with E-state index in [0.717, 1.165) is 22.4 Å². The fourth-order valence-electron chi connectivity index (χ4n) is 3.97. The fraction of sp³-hybridized carbons (Fsp3) is 0.333. The van der Waals surface area contributed by atoms with E-state index >= 15 is 0 Å². The first kappa shape index (κ1) is 20.9. The summed E-state index contributed by atoms with van der Waals surface area (Å²) in [6.07, 6.45) is 4.32. The van der Waals surface area contributed by atoms with E-state index in [1.165, 1.54) is 0 Å². The Balaban J connectivity index is 1.33. The van der Waals surface area contributed by atoms with E-state index in [4.69, 9.17) is 4.74 Å². The Morgan fingerprint density at radius 3 is 2.77 bits per heavy atom. The Morgan fingerprint density at radius 1 is 1.16 bits per heavy atom. The summed E-state index contributed by atoms with van der Waals surface area (Å²) >= 11 is 0. The third-order valence-corrected chi connectivity index (χ3v) is 5.98. The van der Waals surface area contributed by atoms with Crippen LogP contribution in [-0.4, -0.2) is 48.0 Å². The van der Waals surface area contributed by atoms with E-state index in [-0.39, 0.29) is 23.9 Å². The number of rotatable bonds is 6. The van der Waals surface area contributed by atoms with E-state index < -0.39 is 0 Å². The zero-order chi connectivity index (χ0) is 22.0. The van der Waals surface area contributed by atoms with Gasteiger partial charge in [-0.15, -0.1) is 0 Å². The summed E-state index contributed by atoms with van der Waals surface area (Å²) in [5.41, 5.74) is 7.35. The third-order valence-electron chi connectivity index (χ3n) is 5.98. The highest BCUT2D eigenvalue weighted by molar-refractivity contribution is 5.94. The standard InChI is InChI=1S/C24H28N4O3/c1-16-7-8-19(13-17(16)2)23(29)25-9-10-27-11-12-28-22(24(27)30)15-21(26-28)18-5-4-6-20(14-18)31-3/h4-8,11-14,21-22,26H,9-10,15H2,1-3H3,(H,25,29). The number of carbonyl (C=O) groups excluding carboxylic acids is 2. The lowest BCUT2D eigenvalue weighted by atomic mass is 10.0. The molecule has 2 unspecified atom stereocenters. The van der Waals surface area contributed by atoms with Crippen molar-refractivity contribution in [1.29, 1.82) is 0 Å². The van der Waals surface area contributed by atoms with Crippen molar-refractivity contribution in [3.8, 4) is 5.75 Å². The van der Waals surface area contributed by atoms with Crippen LogP contribution in [-0.2, 0) is 4.79 Å². The van der Waals surface area contributed by atoms with Gasteiger partial charge in [0.05, 0.1) is 13.2 Å². The van der Waals surface area contributed by atoms with Crippen LogP contribution in [0.2, 0.25) is 0 Å². The highest BCUT2D eigenvalue weighted by Gasteiger charge is 2.39. The molecule has 0 spiro atoms. The molecule has 2 heterocycles. The van der Waals surface area contributed by atoms with Crippen LogP contribution in [0.3, 0.4) is 0 Å². The Kier molecular flexibility index (Phi) is 5.95. The average Bonchev–Trinajstić information content (AvgIpc) is 3.22. The van der Waals surface area contributed by atoms with Gasteiger partial charge in [0.15, 0.2) is 0 Å². The number of hydrogen-bond acceptors (Lipinski definition) is 5. The van der Waals surface area contributed by atoms with Gasteiger partial charge in [0.1, 0.15) is 11.8 Å². The molecule has 0 aromatic heterocycles. The first-order valence-corrected chi connectivity index (χ1v) is 10.5. The molecule has 7 nitrogen and oxygen atoms in total. The van der Waals surface area contributed by atoms with Crippen molar-refractivity contribution in [2.75, 3.05) is 20.2 Å². The Morgan fingerprint density at radius 2 is 2.00 bits per heavy atom. The summed E-state index contributed by atoms with van der Waals surface area (Å²) in [6, 6.07) is 13.3. The van der Waals surface area contributed by atoms with Gasteiger partial charge in [0, 0.05) is 31.1 Å². The number of benzene rings is 2. The van der Waals surface area contributed by atoms with E-state index in [1.54, 1.807) is 18.2 Å². The maximum Gasteiger partial charge on any atom is 0.251 e. The van der Waals surface area contributed by atoms with Crippen molar-refractivity contribution in [1.82, 2.24) is 20.7 Å². The van der Waals surface area contributed by atoms with Gasteiger partial charge in [-0.3, -0.25) is 9.59 Å². The highest BCUT2D eigenvalue weighted by atomic mass is 16.5. The van der Waals surface area contributed by atoms with Crippen LogP contribution >= 0.6 is 0 Å². The van der Waals surface area contributed by atoms with Crippen LogP contribution in [0, 0.1) is 13.8 Å². The molecule has 2 aromatic rings. The second-order valence-electron chi connectivity index (χ2n) is 8.00. The van der Waals surface area contributed by atoms with Gasteiger partial charge in [-0.1, -0.05) is 18.2 Å². The molecule has 2 atom stereocenters. The van der Waals surface area contributed by atoms with Gasteiger partial charge in [0.25, 0.3) is 11.8 Å². The Bertz CT molecular complexity index is 1020. The normalized spacial score (nSPS) is 20.0. The maximum absolute atomic E-state index is 13.0. The van der Waals surface area contributed by atoms with Crippen LogP contribution in [0.25, 0.3) is 0 Å². The predicted molar refractivity (Wildman–Crippen MR) is 118 cm³/mol. The van der Waals surface area contributed by atoms with Gasteiger partial charge in [0.2, 0.25) is 0 Å². The largest absolute Gasteiger partial charge is 0.497 e. The summed E-state index contributed by atoms with van der Waals surface area (Å²) in [4.78, 5) is 27.1. The number of nitrogens with zero attached hydrogens (tertiary/aromatic N) is 2. The van der Waals surface area contributed by atoms with Gasteiger partial charge in [-0.25, -0.2) is 5.43 Å². The summed E-state index contributed by atoms with van der Waals surface area (Å²) in [6.45, 7) is 4.83. The Hall–Kier alpha value is -3.32. The van der Waals surface area contributed by atoms with Crippen molar-refractivity contribution in [3.63, 3.8) is 0 Å². The second-order valence-corrected chi connectivity index (χ2v) is 8.00. The molecule has 2 aliphatic heterocycles. The van der Waals surface area contributed by atoms with E-state index in [9.17, 15) is 9.59 Å². The molecule has 0 radical (unpaired) electrons. The topological polar surface area (TPSA) is 73.9 Å². The first-order valence-electron chi connectivity index (χ1n) is 10.5. The predicted octanol–water partition coefficient (Wildman–Crippen LogP) is 2.68. The van der Waals surface area contributed by atoms with Gasteiger partial charge in [-0.05, 0) is 61.2 Å². The minimum Gasteiger partial charge on any atom is -0.497 e. The smallest absolute Gasteiger partial charge is 0.251 e. The lowest BCUT2D eigenvalue weighted by Gasteiger charge is -2.31. The first-order chi connectivity index (χ1) is 15.0. The molecule has 1 saturated heterocycles. The van der Waals surface area contributed by atoms with E-state index in [2.05, 4.69) is 10.7 Å². The zero-order valence-electron chi connectivity index (χ0n) is 18.1. The summed E-state index contributed by atoms with van der Waals surface area (Å²) < 4.78 is 5.31. The molecule has 31 heavy (non-hydrogen) atoms. The maximum atomic E-state index is 13.0. The van der Waals surface area contributed by atoms with Crippen LogP contribution in [0.5, 0.6) is 5.75 Å². The monoisotopic (exact) mass is 420 g/mol. The minimum absolute atomic E-state index is 0.0285. The number of hydrazine groups is 1. The molecule has 7 heteroatoms. The fourth-order valence-corrected chi connectivity index (χ4v) is 3.97. The molecule has 2 amide bonds. The number of nitrogens with one attached hydrogen (secondary N) is 2. The molecule has 0 bridgehead atoms. The number of carbonyl (C=O) groups is 2. The number of amides is 2. The van der Waals surface area contributed by atoms with Crippen molar-refractivity contribution in [2.45, 2.75) is 32.4 Å². The Labute approximate surface area is 182 Å². The molecule has 0 aliphatic carbocycles.